The molecule has 1 aliphatic rings. The Labute approximate surface area is 163 Å². The molecule has 0 atom stereocenters. The van der Waals surface area contributed by atoms with Crippen LogP contribution in [0.2, 0.25) is 0 Å². The molecule has 0 unspecified atom stereocenters. The lowest BCUT2D eigenvalue weighted by molar-refractivity contribution is -0.120. The van der Waals surface area contributed by atoms with Crippen molar-refractivity contribution in [2.45, 2.75) is 13.5 Å². The number of nitrogens with zero attached hydrogens (tertiary/aromatic N) is 6. The molecule has 1 saturated heterocycles. The minimum atomic E-state index is 0. The number of aromatic nitrogens is 4. The Kier molecular flexibility index (Phi) is 6.39. The molecule has 10 heteroatoms. The summed E-state index contributed by atoms with van der Waals surface area (Å²) in [5.41, 5.74) is 2.94. The molecule has 1 aliphatic heterocycles. The number of aliphatic imine (C=N–C) groups is 1. The number of aromatic amines is 1. The Morgan fingerprint density at radius 2 is 2.20 bits per heavy atom. The third-order valence-electron chi connectivity index (χ3n) is 4.11. The van der Waals surface area contributed by atoms with Crippen LogP contribution in [0.3, 0.4) is 0 Å². The van der Waals surface area contributed by atoms with Crippen LogP contribution in [0.5, 0.6) is 0 Å². The van der Waals surface area contributed by atoms with Crippen molar-refractivity contribution in [1.82, 2.24) is 30.2 Å². The molecule has 1 amide bonds. The van der Waals surface area contributed by atoms with Crippen molar-refractivity contribution in [3.05, 3.63) is 29.8 Å². The van der Waals surface area contributed by atoms with Crippen molar-refractivity contribution in [1.29, 1.82) is 0 Å². The Balaban J connectivity index is 0.00000225. The number of nitrogens with one attached hydrogen (secondary N) is 2. The van der Waals surface area contributed by atoms with Crippen LogP contribution in [0.4, 0.5) is 5.69 Å². The Hall–Kier alpha value is -2.11. The molecule has 2 N–H and O–H groups in total. The Morgan fingerprint density at radius 1 is 1.40 bits per heavy atom. The third kappa shape index (κ3) is 4.30. The van der Waals surface area contributed by atoms with Crippen molar-refractivity contribution in [3.8, 4) is 0 Å². The van der Waals surface area contributed by atoms with Crippen LogP contribution >= 0.6 is 24.0 Å². The van der Waals surface area contributed by atoms with Gasteiger partial charge in [0.15, 0.2) is 5.96 Å². The molecule has 3 rings (SSSR count). The van der Waals surface area contributed by atoms with Gasteiger partial charge in [0, 0.05) is 51.2 Å². The molecule has 3 heterocycles. The lowest BCUT2D eigenvalue weighted by atomic mass is 10.2. The van der Waals surface area contributed by atoms with Gasteiger partial charge in [-0.25, -0.2) is 0 Å². The van der Waals surface area contributed by atoms with Gasteiger partial charge in [-0.2, -0.15) is 10.2 Å². The maximum Gasteiger partial charge on any atom is 0.246 e. The van der Waals surface area contributed by atoms with E-state index in [1.54, 1.807) is 29.0 Å². The molecule has 0 saturated carbocycles. The predicted molar refractivity (Wildman–Crippen MR) is 106 cm³/mol. The fraction of sp³-hybridized carbons (Fsp3) is 0.467. The molecule has 0 radical (unpaired) electrons. The first-order valence-electron chi connectivity index (χ1n) is 7.82. The molecule has 0 aliphatic carbocycles. The van der Waals surface area contributed by atoms with Crippen LogP contribution in [0.15, 0.2) is 23.6 Å². The number of piperazine rings is 1. The molecule has 1 fully saturated rings. The first kappa shape index (κ1) is 19.2. The summed E-state index contributed by atoms with van der Waals surface area (Å²) >= 11 is 0. The van der Waals surface area contributed by atoms with E-state index in [9.17, 15) is 4.79 Å². The maximum atomic E-state index is 12.5. The van der Waals surface area contributed by atoms with Gasteiger partial charge in [0.25, 0.3) is 0 Å². The molecular formula is C15H23IN8O. The second-order valence-electron chi connectivity index (χ2n) is 5.76. The van der Waals surface area contributed by atoms with Crippen LogP contribution in [0.25, 0.3) is 0 Å². The predicted octanol–water partition coefficient (Wildman–Crippen LogP) is 0.494. The van der Waals surface area contributed by atoms with E-state index >= 15 is 0 Å². The molecule has 2 aromatic rings. The highest BCUT2D eigenvalue weighted by atomic mass is 127. The number of carbonyl (C=O) groups is 1. The fourth-order valence-electron chi connectivity index (χ4n) is 2.74. The summed E-state index contributed by atoms with van der Waals surface area (Å²) < 4.78 is 1.70. The highest BCUT2D eigenvalue weighted by molar-refractivity contribution is 14.0. The van der Waals surface area contributed by atoms with E-state index in [2.05, 4.69) is 25.6 Å². The Bertz CT molecular complexity index is 752. The zero-order valence-electron chi connectivity index (χ0n) is 14.6. The van der Waals surface area contributed by atoms with Gasteiger partial charge in [-0.1, -0.05) is 0 Å². The smallest absolute Gasteiger partial charge is 0.246 e. The van der Waals surface area contributed by atoms with Gasteiger partial charge >= 0.3 is 0 Å². The number of rotatable bonds is 3. The number of hydrogen-bond donors (Lipinski definition) is 2. The van der Waals surface area contributed by atoms with Crippen LogP contribution in [0.1, 0.15) is 11.3 Å². The highest BCUT2D eigenvalue weighted by Crippen LogP contribution is 2.16. The summed E-state index contributed by atoms with van der Waals surface area (Å²) in [6, 6.07) is 0. The average Bonchev–Trinajstić information content (AvgIpc) is 3.17. The SMILES string of the molecule is CN=C(NCc1cn[nH]c1C)N1CCN(c2cnn(C)c2)C(=O)C1.I. The first-order chi connectivity index (χ1) is 11.6. The minimum absolute atomic E-state index is 0. The number of guanidine groups is 1. The van der Waals surface area contributed by atoms with E-state index < -0.39 is 0 Å². The summed E-state index contributed by atoms with van der Waals surface area (Å²) in [5, 5.41) is 14.3. The quantitative estimate of drug-likeness (QED) is 0.397. The van der Waals surface area contributed by atoms with Crippen molar-refractivity contribution >= 4 is 41.5 Å². The molecule has 25 heavy (non-hydrogen) atoms. The highest BCUT2D eigenvalue weighted by Gasteiger charge is 2.27. The number of hydrogen-bond acceptors (Lipinski definition) is 4. The number of carbonyl (C=O) groups excluding carboxylic acids is 1. The van der Waals surface area contributed by atoms with Crippen molar-refractivity contribution in [3.63, 3.8) is 0 Å². The molecule has 136 valence electrons. The normalized spacial score (nSPS) is 15.3. The van der Waals surface area contributed by atoms with E-state index in [-0.39, 0.29) is 29.9 Å². The number of amides is 1. The lowest BCUT2D eigenvalue weighted by Gasteiger charge is -2.35. The first-order valence-corrected chi connectivity index (χ1v) is 7.82. The molecular weight excluding hydrogens is 435 g/mol. The summed E-state index contributed by atoms with van der Waals surface area (Å²) in [5.74, 6) is 0.756. The van der Waals surface area contributed by atoms with Crippen molar-refractivity contribution < 1.29 is 4.79 Å². The van der Waals surface area contributed by atoms with E-state index in [4.69, 9.17) is 0 Å². The zero-order chi connectivity index (χ0) is 17.1. The second kappa shape index (κ2) is 8.32. The van der Waals surface area contributed by atoms with Gasteiger partial charge in [-0.15, -0.1) is 24.0 Å². The van der Waals surface area contributed by atoms with E-state index in [1.807, 2.05) is 25.1 Å². The number of H-pyrrole nitrogens is 1. The van der Waals surface area contributed by atoms with Gasteiger partial charge in [0.1, 0.15) is 6.54 Å². The summed E-state index contributed by atoms with van der Waals surface area (Å²) in [4.78, 5) is 20.5. The maximum absolute atomic E-state index is 12.5. The monoisotopic (exact) mass is 458 g/mol. The van der Waals surface area contributed by atoms with E-state index in [0.29, 0.717) is 26.2 Å². The van der Waals surface area contributed by atoms with Crippen LogP contribution < -0.4 is 10.2 Å². The lowest BCUT2D eigenvalue weighted by Crippen LogP contribution is -2.55. The topological polar surface area (TPSA) is 94.4 Å². The van der Waals surface area contributed by atoms with Crippen molar-refractivity contribution in [2.24, 2.45) is 12.0 Å². The van der Waals surface area contributed by atoms with Crippen LogP contribution in [-0.2, 0) is 18.4 Å². The summed E-state index contributed by atoms with van der Waals surface area (Å²) in [6.07, 6.45) is 5.35. The van der Waals surface area contributed by atoms with Crippen LogP contribution in [0, 0.1) is 6.92 Å². The zero-order valence-corrected chi connectivity index (χ0v) is 16.9. The Morgan fingerprint density at radius 3 is 2.76 bits per heavy atom. The second-order valence-corrected chi connectivity index (χ2v) is 5.76. The summed E-state index contributed by atoms with van der Waals surface area (Å²) in [6.45, 7) is 4.20. The number of aryl methyl sites for hydroxylation is 2. The standard InChI is InChI=1S/C15H22N8O.HI/c1-11-12(7-18-20-11)6-17-15(16-2)22-4-5-23(14(24)10-22)13-8-19-21(3)9-13;/h7-9H,4-6,10H2,1-3H3,(H,16,17)(H,18,20);1H. The largest absolute Gasteiger partial charge is 0.352 e. The number of halogens is 1. The van der Waals surface area contributed by atoms with Gasteiger partial charge < -0.3 is 15.1 Å². The van der Waals surface area contributed by atoms with Crippen molar-refractivity contribution in [2.75, 3.05) is 31.6 Å². The fourth-order valence-corrected chi connectivity index (χ4v) is 2.74. The molecule has 2 aromatic heterocycles. The summed E-state index contributed by atoms with van der Waals surface area (Å²) in [7, 11) is 3.57. The van der Waals surface area contributed by atoms with Gasteiger partial charge in [0.05, 0.1) is 18.1 Å². The molecule has 9 nitrogen and oxygen atoms in total. The average molecular weight is 458 g/mol. The van der Waals surface area contributed by atoms with Gasteiger partial charge in [0.2, 0.25) is 5.91 Å². The van der Waals surface area contributed by atoms with Gasteiger partial charge in [-0.3, -0.25) is 19.6 Å². The van der Waals surface area contributed by atoms with E-state index in [0.717, 1.165) is 22.9 Å². The van der Waals surface area contributed by atoms with Crippen LogP contribution in [-0.4, -0.2) is 63.4 Å². The molecule has 0 spiro atoms. The minimum Gasteiger partial charge on any atom is -0.352 e. The molecule has 0 aromatic carbocycles. The van der Waals surface area contributed by atoms with E-state index in [1.165, 1.54) is 0 Å². The molecule has 0 bridgehead atoms. The third-order valence-corrected chi connectivity index (χ3v) is 4.11. The number of anilines is 1. The van der Waals surface area contributed by atoms with Gasteiger partial charge in [-0.05, 0) is 6.92 Å².